The molecule has 0 spiro atoms. The average Bonchev–Trinajstić information content (AvgIpc) is 4.11. The fraction of sp³-hybridized carbons (Fsp3) is 0.414. The van der Waals surface area contributed by atoms with Crippen LogP contribution in [-0.4, -0.2) is 131 Å². The Labute approximate surface area is 452 Å². The van der Waals surface area contributed by atoms with Crippen molar-refractivity contribution in [3.8, 4) is 40.1 Å². The molecule has 79 heavy (non-hydrogen) atoms. The first kappa shape index (κ1) is 53.8. The van der Waals surface area contributed by atoms with Gasteiger partial charge in [0.05, 0.1) is 12.7 Å². The van der Waals surface area contributed by atoms with E-state index in [1.807, 2.05) is 24.3 Å². The molecule has 2 saturated heterocycles. The number of aliphatic hydroxyl groups is 6. The SMILES string of the molecule is C[C@H](O)CNc1cccc(CC2=C[C@]3(O)[C@H](Oc4cc5oc(-c6ccc(O[C@H](CO)[C@H](O)c7ccc(N)[nH]7)cc6)cc(=O)c5c(O)c4O[C@]45CCC[C@@H]4CCCc4c(O)cccc45)O[C@H](C(=O)O)[C@](O)([C@H]2[C@H]2CNCN2)[C@H]3O)c1. The van der Waals surface area contributed by atoms with Gasteiger partial charge in [-0.05, 0) is 118 Å². The molecule has 21 heteroatoms. The predicted molar refractivity (Wildman–Crippen MR) is 286 cm³/mol. The van der Waals surface area contributed by atoms with E-state index in [-0.39, 0.29) is 53.7 Å². The van der Waals surface area contributed by atoms with E-state index < -0.39 is 101 Å². The van der Waals surface area contributed by atoms with E-state index in [1.165, 1.54) is 30.3 Å². The van der Waals surface area contributed by atoms with Crippen LogP contribution < -0.4 is 41.3 Å². The monoisotopic (exact) mass is 1090 g/mol. The van der Waals surface area contributed by atoms with Gasteiger partial charge in [-0.25, -0.2) is 4.79 Å². The second-order valence-electron chi connectivity index (χ2n) is 21.6. The van der Waals surface area contributed by atoms with Crippen molar-refractivity contribution in [3.05, 3.63) is 135 Å². The topological polar surface area (TPSA) is 344 Å². The summed E-state index contributed by atoms with van der Waals surface area (Å²) in [5, 5.41) is 114. The number of carboxylic acids is 1. The van der Waals surface area contributed by atoms with Crippen molar-refractivity contribution in [1.82, 2.24) is 15.6 Å². The molecule has 2 aromatic heterocycles. The normalized spacial score (nSPS) is 28.4. The van der Waals surface area contributed by atoms with Gasteiger partial charge in [-0.2, -0.15) is 0 Å². The number of phenolic OH excluding ortho intramolecular Hbond substituents is 2. The number of aromatic hydroxyl groups is 2. The maximum absolute atomic E-state index is 14.5. The van der Waals surface area contributed by atoms with Crippen LogP contribution in [0.15, 0.2) is 112 Å². The van der Waals surface area contributed by atoms with Crippen molar-refractivity contribution in [2.75, 3.05) is 37.4 Å². The number of ether oxygens (including phenoxy) is 4. The molecule has 0 radical (unpaired) electrons. The Morgan fingerprint density at radius 2 is 1.77 bits per heavy atom. The van der Waals surface area contributed by atoms with Crippen LogP contribution in [0, 0.1) is 11.8 Å². The van der Waals surface area contributed by atoms with Crippen molar-refractivity contribution in [2.45, 2.75) is 112 Å². The summed E-state index contributed by atoms with van der Waals surface area (Å²) in [6, 6.07) is 23.5. The highest BCUT2D eigenvalue weighted by atomic mass is 16.7. The van der Waals surface area contributed by atoms with Crippen LogP contribution in [0.1, 0.15) is 67.5 Å². The Hall–Kier alpha value is -7.18. The summed E-state index contributed by atoms with van der Waals surface area (Å²) in [5.74, 6) is -3.87. The van der Waals surface area contributed by atoms with E-state index in [0.717, 1.165) is 0 Å². The number of carbonyl (C=O) groups is 1. The summed E-state index contributed by atoms with van der Waals surface area (Å²) >= 11 is 0. The van der Waals surface area contributed by atoms with Gasteiger partial charge in [-0.3, -0.25) is 10.1 Å². The van der Waals surface area contributed by atoms with Gasteiger partial charge in [0.25, 0.3) is 0 Å². The first-order valence-corrected chi connectivity index (χ1v) is 26.6. The van der Waals surface area contributed by atoms with Gasteiger partial charge in [0, 0.05) is 77.8 Å². The third-order valence-corrected chi connectivity index (χ3v) is 16.5. The van der Waals surface area contributed by atoms with Crippen molar-refractivity contribution in [2.24, 2.45) is 11.8 Å². The summed E-state index contributed by atoms with van der Waals surface area (Å²) in [7, 11) is 0. The molecule has 2 bridgehead atoms. The molecule has 11 rings (SSSR count). The first-order valence-electron chi connectivity index (χ1n) is 26.6. The van der Waals surface area contributed by atoms with Crippen molar-refractivity contribution in [3.63, 3.8) is 0 Å². The average molecular weight is 1090 g/mol. The number of nitrogen functional groups attached to an aromatic ring is 1. The first-order chi connectivity index (χ1) is 37.9. The van der Waals surface area contributed by atoms with Gasteiger partial charge in [0.1, 0.15) is 57.5 Å². The third-order valence-electron chi connectivity index (χ3n) is 16.5. The maximum atomic E-state index is 14.5. The lowest BCUT2D eigenvalue weighted by molar-refractivity contribution is -0.344. The number of benzene rings is 4. The summed E-state index contributed by atoms with van der Waals surface area (Å²) in [5.41, 5.74) is 1.93. The molecule has 1 saturated carbocycles. The predicted octanol–water partition coefficient (Wildman–Crippen LogP) is 3.79. The summed E-state index contributed by atoms with van der Waals surface area (Å²) < 4.78 is 32.3. The highest BCUT2D eigenvalue weighted by Crippen LogP contribution is 2.57. The Kier molecular flexibility index (Phi) is 14.4. The van der Waals surface area contributed by atoms with E-state index in [2.05, 4.69) is 20.9 Å². The molecule has 21 nitrogen and oxygen atoms in total. The fourth-order valence-corrected chi connectivity index (χ4v) is 12.8. The standard InChI is InChI=1S/C58H65N5O16/c1-29(65)25-61-34-9-2-6-30(21-34)20-32-24-56(73)54(72)58(74,48(32)39-26-60-28-62-39)52(53(70)71)78-55(56)77-44-23-43-47(50(69)51(44)79-57-19-5-8-33(57)7-3-10-36-37(57)11-4-12-40(36)66)41(67)22-42(76-43)31-13-15-35(16-14-31)75-45(27-64)49(68)38-17-18-46(59)63-38/h2,4,6,9,11-18,21-24,29,33,39,45,48-49,52,54-55,60-66,68-69,72-74H,3,5,7-8,10,19-20,25-28,59H2,1H3,(H,70,71)/t29-,33-,39+,45+,48+,49+,52+,54-,55+,56+,57+,58+/m0/s1. The number of nitrogens with two attached hydrogens (primary N) is 1. The fourth-order valence-electron chi connectivity index (χ4n) is 12.8. The molecule has 3 aliphatic carbocycles. The molecule has 4 aromatic carbocycles. The molecule has 4 heterocycles. The van der Waals surface area contributed by atoms with E-state index in [4.69, 9.17) is 29.1 Å². The van der Waals surface area contributed by atoms with Gasteiger partial charge in [-0.15, -0.1) is 0 Å². The third kappa shape index (κ3) is 9.61. The minimum atomic E-state index is -2.72. The number of hydrogen-bond acceptors (Lipinski definition) is 19. The van der Waals surface area contributed by atoms with Crippen LogP contribution in [0.2, 0.25) is 0 Å². The number of phenols is 2. The molecule has 12 atom stereocenters. The molecule has 6 aromatic rings. The number of aliphatic hydroxyl groups excluding tert-OH is 4. The van der Waals surface area contributed by atoms with Gasteiger partial charge in [0.15, 0.2) is 34.7 Å². The van der Waals surface area contributed by atoms with Crippen LogP contribution in [0.25, 0.3) is 22.3 Å². The highest BCUT2D eigenvalue weighted by molar-refractivity contribution is 5.90. The molecule has 3 fully saturated rings. The Morgan fingerprint density at radius 3 is 2.49 bits per heavy atom. The van der Waals surface area contributed by atoms with E-state index in [1.54, 1.807) is 49.4 Å². The minimum Gasteiger partial charge on any atom is -0.508 e. The molecule has 418 valence electrons. The van der Waals surface area contributed by atoms with Crippen LogP contribution in [0.5, 0.6) is 28.7 Å². The maximum Gasteiger partial charge on any atom is 0.336 e. The lowest BCUT2D eigenvalue weighted by Crippen LogP contribution is -2.79. The van der Waals surface area contributed by atoms with Gasteiger partial charge in [0.2, 0.25) is 12.0 Å². The number of carboxylic acid groups (broad SMARTS) is 1. The number of aromatic amines is 1. The Balaban J connectivity index is 1.03. The summed E-state index contributed by atoms with van der Waals surface area (Å²) in [4.78, 5) is 30.8. The van der Waals surface area contributed by atoms with Crippen molar-refractivity contribution < 1.29 is 74.1 Å². The molecule has 2 aliphatic heterocycles. The van der Waals surface area contributed by atoms with Crippen LogP contribution >= 0.6 is 0 Å². The molecule has 0 amide bonds. The minimum absolute atomic E-state index is 0.0105. The number of hydrogen-bond donors (Lipinski definition) is 14. The quantitative estimate of drug-likeness (QED) is 0.0578. The molecule has 0 unspecified atom stereocenters. The zero-order chi connectivity index (χ0) is 55.5. The van der Waals surface area contributed by atoms with Gasteiger partial charge in [-0.1, -0.05) is 29.8 Å². The lowest BCUT2D eigenvalue weighted by Gasteiger charge is -2.58. The molecule has 5 aliphatic rings. The molecular formula is C58H65N5O16. The van der Waals surface area contributed by atoms with Gasteiger partial charge < -0.3 is 90.7 Å². The zero-order valence-electron chi connectivity index (χ0n) is 43.2. The number of H-pyrrole nitrogens is 1. The number of aliphatic carboxylic acids is 1. The van der Waals surface area contributed by atoms with Crippen LogP contribution in [0.4, 0.5) is 11.5 Å². The van der Waals surface area contributed by atoms with Crippen molar-refractivity contribution >= 4 is 28.4 Å². The second-order valence-corrected chi connectivity index (χ2v) is 21.6. The summed E-state index contributed by atoms with van der Waals surface area (Å²) in [6.07, 6.45) is -4.57. The lowest BCUT2D eigenvalue weighted by atomic mass is 9.59. The van der Waals surface area contributed by atoms with Crippen molar-refractivity contribution in [1.29, 1.82) is 0 Å². The number of rotatable bonds is 17. The number of fused-ring (bicyclic) bond motifs is 6. The largest absolute Gasteiger partial charge is 0.508 e. The second kappa shape index (κ2) is 21.1. The number of nitrogens with one attached hydrogen (secondary N) is 4. The van der Waals surface area contributed by atoms with E-state index >= 15 is 0 Å². The molecular weight excluding hydrogens is 1020 g/mol. The zero-order valence-corrected chi connectivity index (χ0v) is 43.2. The van der Waals surface area contributed by atoms with Crippen LogP contribution in [-0.2, 0) is 28.0 Å². The van der Waals surface area contributed by atoms with E-state index in [0.29, 0.717) is 90.2 Å². The molecule has 15 N–H and O–H groups in total. The van der Waals surface area contributed by atoms with Crippen LogP contribution in [0.3, 0.4) is 0 Å². The summed E-state index contributed by atoms with van der Waals surface area (Å²) in [6.45, 7) is 1.89. The number of aromatic nitrogens is 1. The Morgan fingerprint density at radius 1 is 0.987 bits per heavy atom. The Bertz CT molecular complexity index is 3340. The smallest absolute Gasteiger partial charge is 0.336 e. The van der Waals surface area contributed by atoms with E-state index in [9.17, 15) is 55.5 Å². The number of anilines is 2. The highest BCUT2D eigenvalue weighted by Gasteiger charge is 2.71. The van der Waals surface area contributed by atoms with Gasteiger partial charge >= 0.3 is 5.97 Å².